The molecule has 2 nitrogen and oxygen atoms in total. The van der Waals surface area contributed by atoms with E-state index < -0.39 is 11.7 Å². The Morgan fingerprint density at radius 3 is 2.45 bits per heavy atom. The lowest BCUT2D eigenvalue weighted by Crippen LogP contribution is -2.13. The van der Waals surface area contributed by atoms with E-state index in [0.29, 0.717) is 11.3 Å². The lowest BCUT2D eigenvalue weighted by atomic mass is 10.1. The van der Waals surface area contributed by atoms with Gasteiger partial charge in [-0.1, -0.05) is 12.1 Å². The van der Waals surface area contributed by atoms with Crippen LogP contribution in [0.1, 0.15) is 17.7 Å². The minimum atomic E-state index is -4.30. The normalized spacial score (nSPS) is 14.6. The number of halogens is 3. The number of hydrogen-bond donors (Lipinski definition) is 1. The van der Waals surface area contributed by atoms with Gasteiger partial charge >= 0.3 is 6.18 Å². The van der Waals surface area contributed by atoms with E-state index in [-0.39, 0.29) is 0 Å². The molecule has 1 aliphatic heterocycles. The summed E-state index contributed by atoms with van der Waals surface area (Å²) in [5.41, 5.74) is 2.77. The summed E-state index contributed by atoms with van der Waals surface area (Å²) in [6.45, 7) is 0.939. The highest BCUT2D eigenvalue weighted by Gasteiger charge is 2.30. The van der Waals surface area contributed by atoms with Gasteiger partial charge in [0, 0.05) is 12.1 Å². The summed E-state index contributed by atoms with van der Waals surface area (Å²) in [6.07, 6.45) is -2.38. The van der Waals surface area contributed by atoms with Gasteiger partial charge in [-0.2, -0.15) is 13.2 Å². The van der Waals surface area contributed by atoms with Gasteiger partial charge in [-0.15, -0.1) is 0 Å². The van der Waals surface area contributed by atoms with Crippen molar-refractivity contribution in [3.8, 4) is 11.3 Å². The van der Waals surface area contributed by atoms with Gasteiger partial charge in [-0.25, -0.2) is 0 Å². The number of anilines is 1. The topological polar surface area (TPSA) is 24.9 Å². The monoisotopic (exact) mass is 278 g/mol. The first kappa shape index (κ1) is 13.0. The van der Waals surface area contributed by atoms with Crippen LogP contribution in [0.15, 0.2) is 36.4 Å². The van der Waals surface area contributed by atoms with Crippen molar-refractivity contribution in [2.24, 2.45) is 0 Å². The van der Waals surface area contributed by atoms with E-state index in [1.807, 2.05) is 12.1 Å². The Balaban J connectivity index is 1.93. The number of nitrogens with zero attached hydrogens (tertiary/aromatic N) is 1. The van der Waals surface area contributed by atoms with Gasteiger partial charge in [-0.3, -0.25) is 4.98 Å². The largest absolute Gasteiger partial charge is 0.416 e. The zero-order chi connectivity index (χ0) is 14.2. The molecule has 0 fully saturated rings. The molecule has 2 aromatic rings. The maximum absolute atomic E-state index is 12.5. The maximum atomic E-state index is 12.5. The van der Waals surface area contributed by atoms with Gasteiger partial charge < -0.3 is 5.32 Å². The van der Waals surface area contributed by atoms with Crippen LogP contribution in [0, 0.1) is 0 Å². The van der Waals surface area contributed by atoms with Crippen molar-refractivity contribution in [2.75, 3.05) is 11.9 Å². The maximum Gasteiger partial charge on any atom is 0.416 e. The van der Waals surface area contributed by atoms with Crippen molar-refractivity contribution in [1.82, 2.24) is 4.98 Å². The van der Waals surface area contributed by atoms with E-state index in [0.717, 1.165) is 42.9 Å². The van der Waals surface area contributed by atoms with Crippen molar-refractivity contribution in [2.45, 2.75) is 19.0 Å². The van der Waals surface area contributed by atoms with E-state index in [1.54, 1.807) is 0 Å². The first-order valence-corrected chi connectivity index (χ1v) is 6.45. The molecule has 0 aliphatic carbocycles. The lowest BCUT2D eigenvalue weighted by Gasteiger charge is -2.17. The summed E-state index contributed by atoms with van der Waals surface area (Å²) in [7, 11) is 0. The molecule has 0 unspecified atom stereocenters. The molecule has 104 valence electrons. The van der Waals surface area contributed by atoms with Crippen molar-refractivity contribution in [3.63, 3.8) is 0 Å². The van der Waals surface area contributed by atoms with Gasteiger partial charge in [0.05, 0.1) is 22.6 Å². The van der Waals surface area contributed by atoms with Crippen LogP contribution in [-0.2, 0) is 12.6 Å². The van der Waals surface area contributed by atoms with Crippen molar-refractivity contribution in [1.29, 1.82) is 0 Å². The van der Waals surface area contributed by atoms with Gasteiger partial charge in [-0.05, 0) is 37.1 Å². The number of hydrogen-bond acceptors (Lipinski definition) is 2. The predicted octanol–water partition coefficient (Wildman–Crippen LogP) is 4.13. The molecule has 0 spiro atoms. The first-order valence-electron chi connectivity index (χ1n) is 6.45. The quantitative estimate of drug-likeness (QED) is 0.848. The van der Waals surface area contributed by atoms with E-state index in [4.69, 9.17) is 0 Å². The zero-order valence-electron chi connectivity index (χ0n) is 10.7. The highest BCUT2D eigenvalue weighted by molar-refractivity contribution is 5.63. The molecule has 0 saturated carbocycles. The van der Waals surface area contributed by atoms with Crippen LogP contribution in [0.2, 0.25) is 0 Å². The number of benzene rings is 1. The first-order chi connectivity index (χ1) is 9.54. The summed E-state index contributed by atoms with van der Waals surface area (Å²) in [4.78, 5) is 4.53. The Labute approximate surface area is 114 Å². The van der Waals surface area contributed by atoms with Crippen molar-refractivity contribution in [3.05, 3.63) is 47.7 Å². The van der Waals surface area contributed by atoms with Crippen LogP contribution in [0.4, 0.5) is 18.9 Å². The van der Waals surface area contributed by atoms with Crippen LogP contribution < -0.4 is 5.32 Å². The Morgan fingerprint density at radius 2 is 1.75 bits per heavy atom. The number of aryl methyl sites for hydroxylation is 1. The van der Waals surface area contributed by atoms with Crippen LogP contribution in [0.3, 0.4) is 0 Å². The minimum absolute atomic E-state index is 0.638. The summed E-state index contributed by atoms with van der Waals surface area (Å²) in [5.74, 6) is 0. The molecule has 0 saturated heterocycles. The lowest BCUT2D eigenvalue weighted by molar-refractivity contribution is -0.137. The fourth-order valence-electron chi connectivity index (χ4n) is 2.32. The summed E-state index contributed by atoms with van der Waals surface area (Å²) in [6, 6.07) is 8.89. The van der Waals surface area contributed by atoms with E-state index in [1.165, 1.54) is 12.1 Å². The predicted molar refractivity (Wildman–Crippen MR) is 71.5 cm³/mol. The molecule has 0 bridgehead atoms. The number of rotatable bonds is 1. The summed E-state index contributed by atoms with van der Waals surface area (Å²) in [5, 5.41) is 3.26. The number of pyridine rings is 1. The number of nitrogens with one attached hydrogen (secondary N) is 1. The SMILES string of the molecule is FC(F)(F)c1ccc(-c2ccc3c(n2)CCCN3)cc1. The number of fused-ring (bicyclic) bond motifs is 1. The summed E-state index contributed by atoms with van der Waals surface area (Å²) < 4.78 is 37.6. The molecule has 2 heterocycles. The second kappa shape index (κ2) is 4.81. The van der Waals surface area contributed by atoms with Crippen LogP contribution in [-0.4, -0.2) is 11.5 Å². The molecule has 0 atom stereocenters. The highest BCUT2D eigenvalue weighted by atomic mass is 19.4. The van der Waals surface area contributed by atoms with E-state index in [9.17, 15) is 13.2 Å². The Morgan fingerprint density at radius 1 is 1.00 bits per heavy atom. The second-order valence-corrected chi connectivity index (χ2v) is 4.80. The fraction of sp³-hybridized carbons (Fsp3) is 0.267. The molecular formula is C15H13F3N2. The smallest absolute Gasteiger partial charge is 0.384 e. The molecule has 3 rings (SSSR count). The molecule has 1 aromatic carbocycles. The molecular weight excluding hydrogens is 265 g/mol. The molecule has 20 heavy (non-hydrogen) atoms. The van der Waals surface area contributed by atoms with Crippen LogP contribution in [0.25, 0.3) is 11.3 Å². The average Bonchev–Trinajstić information content (AvgIpc) is 2.46. The summed E-state index contributed by atoms with van der Waals surface area (Å²) >= 11 is 0. The minimum Gasteiger partial charge on any atom is -0.384 e. The third-order valence-electron chi connectivity index (χ3n) is 3.39. The third kappa shape index (κ3) is 2.48. The molecule has 1 aliphatic rings. The molecule has 5 heteroatoms. The van der Waals surface area contributed by atoms with E-state index in [2.05, 4.69) is 10.3 Å². The Bertz CT molecular complexity index is 618. The van der Waals surface area contributed by atoms with Crippen molar-refractivity contribution >= 4 is 5.69 Å². The molecule has 1 aromatic heterocycles. The highest BCUT2D eigenvalue weighted by Crippen LogP contribution is 2.31. The Kier molecular flexibility index (Phi) is 3.12. The van der Waals surface area contributed by atoms with E-state index >= 15 is 0 Å². The van der Waals surface area contributed by atoms with Crippen LogP contribution in [0.5, 0.6) is 0 Å². The standard InChI is InChI=1S/C15H13F3N2/c16-15(17,18)11-5-3-10(4-6-11)12-7-8-13-14(20-12)2-1-9-19-13/h3-8,19H,1-2,9H2. The molecule has 0 radical (unpaired) electrons. The average molecular weight is 278 g/mol. The number of alkyl halides is 3. The molecule has 0 amide bonds. The third-order valence-corrected chi connectivity index (χ3v) is 3.39. The number of aromatic nitrogens is 1. The van der Waals surface area contributed by atoms with Crippen molar-refractivity contribution < 1.29 is 13.2 Å². The fourth-order valence-corrected chi connectivity index (χ4v) is 2.32. The van der Waals surface area contributed by atoms with Gasteiger partial charge in [0.15, 0.2) is 0 Å². The zero-order valence-corrected chi connectivity index (χ0v) is 10.7. The van der Waals surface area contributed by atoms with Crippen LogP contribution >= 0.6 is 0 Å². The van der Waals surface area contributed by atoms with Gasteiger partial charge in [0.2, 0.25) is 0 Å². The molecule has 1 N–H and O–H groups in total. The second-order valence-electron chi connectivity index (χ2n) is 4.80. The van der Waals surface area contributed by atoms with Gasteiger partial charge in [0.25, 0.3) is 0 Å². The van der Waals surface area contributed by atoms with Gasteiger partial charge in [0.1, 0.15) is 0 Å². The Hall–Kier alpha value is -2.04.